The van der Waals surface area contributed by atoms with Crippen LogP contribution in [0.1, 0.15) is 12.5 Å². The highest BCUT2D eigenvalue weighted by Crippen LogP contribution is 2.35. The van der Waals surface area contributed by atoms with E-state index < -0.39 is 17.8 Å². The fourth-order valence-electron chi connectivity index (χ4n) is 2.73. The second-order valence-electron chi connectivity index (χ2n) is 5.89. The zero-order valence-electron chi connectivity index (χ0n) is 15.5. The third kappa shape index (κ3) is 4.28. The molecule has 0 bridgehead atoms. The maximum Gasteiger partial charge on any atom is 0.335 e. The highest BCUT2D eigenvalue weighted by atomic mass is 79.9. The largest absolute Gasteiger partial charge is 0.493 e. The molecular formula is C20H16BrClN2O5. The first-order valence-corrected chi connectivity index (χ1v) is 9.70. The smallest absolute Gasteiger partial charge is 0.335 e. The topological polar surface area (TPSA) is 84.9 Å². The van der Waals surface area contributed by atoms with Gasteiger partial charge in [0.25, 0.3) is 11.8 Å². The molecule has 3 rings (SSSR count). The molecular weight excluding hydrogens is 464 g/mol. The molecule has 7 nitrogen and oxygen atoms in total. The Labute approximate surface area is 180 Å². The molecule has 0 unspecified atom stereocenters. The Hall–Kier alpha value is -2.84. The van der Waals surface area contributed by atoms with Gasteiger partial charge in [0, 0.05) is 9.50 Å². The van der Waals surface area contributed by atoms with Crippen LogP contribution in [0, 0.1) is 0 Å². The molecule has 1 N–H and O–H groups in total. The van der Waals surface area contributed by atoms with Gasteiger partial charge in [-0.05, 0) is 55.0 Å². The number of carbonyl (C=O) groups excluding carboxylic acids is 3. The van der Waals surface area contributed by atoms with E-state index in [9.17, 15) is 14.4 Å². The lowest BCUT2D eigenvalue weighted by Crippen LogP contribution is -2.54. The molecule has 1 aliphatic heterocycles. The SMILES string of the molecule is CCOc1cc(C=C2C(=O)NC(=O)N(c3ccc(Cl)cc3)C2=O)c(Br)cc1OC. The molecule has 150 valence electrons. The molecule has 1 saturated heterocycles. The van der Waals surface area contributed by atoms with Gasteiger partial charge in [0.15, 0.2) is 11.5 Å². The molecule has 1 fully saturated rings. The van der Waals surface area contributed by atoms with Crippen molar-refractivity contribution >= 4 is 57.1 Å². The first kappa shape index (κ1) is 20.9. The molecule has 29 heavy (non-hydrogen) atoms. The molecule has 4 amide bonds. The van der Waals surface area contributed by atoms with Crippen molar-refractivity contribution in [3.8, 4) is 11.5 Å². The van der Waals surface area contributed by atoms with E-state index in [0.717, 1.165) is 4.90 Å². The second kappa shape index (κ2) is 8.67. The first-order valence-electron chi connectivity index (χ1n) is 8.53. The van der Waals surface area contributed by atoms with Crippen LogP contribution in [0.3, 0.4) is 0 Å². The molecule has 0 spiro atoms. The van der Waals surface area contributed by atoms with E-state index in [4.69, 9.17) is 21.1 Å². The molecule has 2 aromatic carbocycles. The Morgan fingerprint density at radius 3 is 2.45 bits per heavy atom. The predicted molar refractivity (Wildman–Crippen MR) is 112 cm³/mol. The Morgan fingerprint density at radius 1 is 1.14 bits per heavy atom. The predicted octanol–water partition coefficient (Wildman–Crippen LogP) is 4.18. The summed E-state index contributed by atoms with van der Waals surface area (Å²) < 4.78 is 11.4. The lowest BCUT2D eigenvalue weighted by atomic mass is 10.1. The summed E-state index contributed by atoms with van der Waals surface area (Å²) in [7, 11) is 1.51. The lowest BCUT2D eigenvalue weighted by Gasteiger charge is -2.26. The summed E-state index contributed by atoms with van der Waals surface area (Å²) in [5.74, 6) is -0.578. The van der Waals surface area contributed by atoms with Crippen LogP contribution in [0.15, 0.2) is 46.4 Å². The van der Waals surface area contributed by atoms with E-state index in [1.165, 1.54) is 25.3 Å². The number of anilines is 1. The number of methoxy groups -OCH3 is 1. The minimum absolute atomic E-state index is 0.201. The second-order valence-corrected chi connectivity index (χ2v) is 7.18. The van der Waals surface area contributed by atoms with Crippen LogP contribution in [-0.2, 0) is 9.59 Å². The standard InChI is InChI=1S/C20H16BrClN2O5/c1-3-29-17-9-11(15(21)10-16(17)28-2)8-14-18(25)23-20(27)24(19(14)26)13-6-4-12(22)5-7-13/h4-10H,3H2,1-2H3,(H,23,25,27). The van der Waals surface area contributed by atoms with Crippen LogP contribution >= 0.6 is 27.5 Å². The zero-order valence-corrected chi connectivity index (χ0v) is 17.8. The van der Waals surface area contributed by atoms with E-state index in [1.54, 1.807) is 24.3 Å². The minimum Gasteiger partial charge on any atom is -0.493 e. The summed E-state index contributed by atoms with van der Waals surface area (Å²) in [5, 5.41) is 2.63. The number of benzene rings is 2. The van der Waals surface area contributed by atoms with Crippen molar-refractivity contribution < 1.29 is 23.9 Å². The number of nitrogens with zero attached hydrogens (tertiary/aromatic N) is 1. The fraction of sp³-hybridized carbons (Fsp3) is 0.150. The van der Waals surface area contributed by atoms with Gasteiger partial charge in [-0.1, -0.05) is 27.5 Å². The minimum atomic E-state index is -0.830. The third-order valence-corrected chi connectivity index (χ3v) is 5.01. The number of rotatable bonds is 5. The van der Waals surface area contributed by atoms with Crippen molar-refractivity contribution in [1.82, 2.24) is 5.32 Å². The van der Waals surface area contributed by atoms with Crippen LogP contribution in [-0.4, -0.2) is 31.6 Å². The summed E-state index contributed by atoms with van der Waals surface area (Å²) in [6, 6.07) is 8.61. The van der Waals surface area contributed by atoms with Gasteiger partial charge in [0.2, 0.25) is 0 Å². The van der Waals surface area contributed by atoms with E-state index in [1.807, 2.05) is 6.92 Å². The van der Waals surface area contributed by atoms with Crippen molar-refractivity contribution in [2.75, 3.05) is 18.6 Å². The number of barbiturate groups is 1. The number of hydrogen-bond acceptors (Lipinski definition) is 5. The Kier molecular flexibility index (Phi) is 6.24. The average molecular weight is 480 g/mol. The average Bonchev–Trinajstić information content (AvgIpc) is 2.68. The van der Waals surface area contributed by atoms with E-state index in [2.05, 4.69) is 21.2 Å². The van der Waals surface area contributed by atoms with Crippen molar-refractivity contribution in [2.45, 2.75) is 6.92 Å². The number of hydrogen-bond donors (Lipinski definition) is 1. The number of imide groups is 2. The van der Waals surface area contributed by atoms with E-state index >= 15 is 0 Å². The molecule has 0 aliphatic carbocycles. The van der Waals surface area contributed by atoms with Gasteiger partial charge >= 0.3 is 6.03 Å². The Balaban J connectivity index is 2.05. The number of ether oxygens (including phenoxy) is 2. The molecule has 0 atom stereocenters. The third-order valence-electron chi connectivity index (χ3n) is 4.07. The highest BCUT2D eigenvalue weighted by molar-refractivity contribution is 9.10. The van der Waals surface area contributed by atoms with Crippen molar-refractivity contribution in [2.24, 2.45) is 0 Å². The number of nitrogens with one attached hydrogen (secondary N) is 1. The lowest BCUT2D eigenvalue weighted by molar-refractivity contribution is -0.122. The molecule has 9 heteroatoms. The summed E-state index contributed by atoms with van der Waals surface area (Å²) >= 11 is 9.27. The maximum absolute atomic E-state index is 13.0. The highest BCUT2D eigenvalue weighted by Gasteiger charge is 2.37. The van der Waals surface area contributed by atoms with Crippen LogP contribution in [0.2, 0.25) is 5.02 Å². The molecule has 1 heterocycles. The molecule has 2 aromatic rings. The fourth-order valence-corrected chi connectivity index (χ4v) is 3.29. The van der Waals surface area contributed by atoms with Gasteiger partial charge in [-0.3, -0.25) is 14.9 Å². The summed E-state index contributed by atoms with van der Waals surface area (Å²) in [6.07, 6.45) is 1.39. The monoisotopic (exact) mass is 478 g/mol. The Morgan fingerprint density at radius 2 is 1.83 bits per heavy atom. The van der Waals surface area contributed by atoms with Crippen molar-refractivity contribution in [1.29, 1.82) is 0 Å². The number of carbonyl (C=O) groups is 3. The maximum atomic E-state index is 13.0. The van der Waals surface area contributed by atoms with Gasteiger partial charge in [-0.2, -0.15) is 0 Å². The van der Waals surface area contributed by atoms with Crippen LogP contribution in [0.5, 0.6) is 11.5 Å². The molecule has 0 saturated carbocycles. The molecule has 0 radical (unpaired) electrons. The van der Waals surface area contributed by atoms with E-state index in [-0.39, 0.29) is 5.57 Å². The van der Waals surface area contributed by atoms with Crippen molar-refractivity contribution in [3.63, 3.8) is 0 Å². The summed E-state index contributed by atoms with van der Waals surface area (Å²) in [4.78, 5) is 38.4. The Bertz CT molecular complexity index is 1020. The number of halogens is 2. The quantitative estimate of drug-likeness (QED) is 0.514. The summed E-state index contributed by atoms with van der Waals surface area (Å²) in [5.41, 5.74) is 0.602. The van der Waals surface area contributed by atoms with Gasteiger partial charge in [-0.25, -0.2) is 9.69 Å². The van der Waals surface area contributed by atoms with Gasteiger partial charge in [0.05, 0.1) is 19.4 Å². The van der Waals surface area contributed by atoms with Crippen LogP contribution < -0.4 is 19.7 Å². The zero-order chi connectivity index (χ0) is 21.1. The summed E-state index contributed by atoms with van der Waals surface area (Å²) in [6.45, 7) is 2.24. The molecule has 1 aliphatic rings. The number of amides is 4. The normalized spacial score (nSPS) is 15.5. The van der Waals surface area contributed by atoms with Crippen molar-refractivity contribution in [3.05, 3.63) is 57.0 Å². The van der Waals surface area contributed by atoms with Gasteiger partial charge in [-0.15, -0.1) is 0 Å². The first-order chi connectivity index (χ1) is 13.8. The number of urea groups is 1. The molecule has 0 aromatic heterocycles. The van der Waals surface area contributed by atoms with Crippen LogP contribution in [0.4, 0.5) is 10.5 Å². The van der Waals surface area contributed by atoms with Gasteiger partial charge < -0.3 is 9.47 Å². The van der Waals surface area contributed by atoms with Crippen LogP contribution in [0.25, 0.3) is 6.08 Å². The van der Waals surface area contributed by atoms with E-state index in [0.29, 0.717) is 38.9 Å². The van der Waals surface area contributed by atoms with Gasteiger partial charge in [0.1, 0.15) is 5.57 Å².